The van der Waals surface area contributed by atoms with Crippen molar-refractivity contribution in [2.45, 2.75) is 6.92 Å². The fourth-order valence-corrected chi connectivity index (χ4v) is 2.95. The number of carbonyl (C=O) groups is 1. The van der Waals surface area contributed by atoms with Crippen molar-refractivity contribution in [3.8, 4) is 0 Å². The molecule has 1 aromatic carbocycles. The van der Waals surface area contributed by atoms with E-state index < -0.39 is 5.97 Å². The van der Waals surface area contributed by atoms with Crippen LogP contribution in [0.1, 0.15) is 17.3 Å². The van der Waals surface area contributed by atoms with Gasteiger partial charge in [0.1, 0.15) is 5.56 Å². The molecule has 0 aliphatic heterocycles. The highest BCUT2D eigenvalue weighted by atomic mass is 79.9. The number of anilines is 1. The van der Waals surface area contributed by atoms with E-state index in [0.29, 0.717) is 23.2 Å². The Bertz CT molecular complexity index is 629. The molecule has 0 aliphatic rings. The van der Waals surface area contributed by atoms with E-state index in [1.807, 2.05) is 12.1 Å². The lowest BCUT2D eigenvalue weighted by atomic mass is 10.1. The van der Waals surface area contributed by atoms with Crippen LogP contribution in [0.15, 0.2) is 27.3 Å². The Morgan fingerprint density at radius 2 is 2.17 bits per heavy atom. The number of aromatic nitrogens is 1. The topological polar surface area (TPSA) is 65.2 Å². The molecule has 0 amide bonds. The summed E-state index contributed by atoms with van der Waals surface area (Å²) in [5.74, 6) is -0.458. The minimum atomic E-state index is -0.458. The van der Waals surface area contributed by atoms with Crippen LogP contribution < -0.4 is 5.73 Å². The lowest BCUT2D eigenvalue weighted by Gasteiger charge is -2.09. The van der Waals surface area contributed by atoms with Gasteiger partial charge < -0.3 is 10.5 Å². The highest BCUT2D eigenvalue weighted by Crippen LogP contribution is 2.32. The summed E-state index contributed by atoms with van der Waals surface area (Å²) in [6.45, 7) is 2.05. The van der Waals surface area contributed by atoms with Crippen molar-refractivity contribution in [1.82, 2.24) is 4.98 Å². The Hall–Kier alpha value is -1.14. The summed E-state index contributed by atoms with van der Waals surface area (Å²) < 4.78 is 6.61. The van der Waals surface area contributed by atoms with Crippen LogP contribution in [-0.2, 0) is 4.74 Å². The van der Waals surface area contributed by atoms with E-state index >= 15 is 0 Å². The SMILES string of the molecule is CCOC(=O)c1cnc2c(Br)cc(Br)cc2c1N. The molecule has 0 bridgehead atoms. The van der Waals surface area contributed by atoms with Gasteiger partial charge in [-0.25, -0.2) is 4.79 Å². The largest absolute Gasteiger partial charge is 0.462 e. The maximum absolute atomic E-state index is 11.7. The third-order valence-corrected chi connectivity index (χ3v) is 3.49. The zero-order chi connectivity index (χ0) is 13.3. The van der Waals surface area contributed by atoms with Crippen LogP contribution in [0.4, 0.5) is 5.69 Å². The second-order valence-electron chi connectivity index (χ2n) is 3.59. The number of rotatable bonds is 2. The van der Waals surface area contributed by atoms with Crippen LogP contribution in [0.3, 0.4) is 0 Å². The van der Waals surface area contributed by atoms with Gasteiger partial charge in [0, 0.05) is 20.5 Å². The molecule has 0 unspecified atom stereocenters. The van der Waals surface area contributed by atoms with Crippen molar-refractivity contribution in [2.75, 3.05) is 12.3 Å². The number of halogens is 2. The first-order chi connectivity index (χ1) is 8.54. The summed E-state index contributed by atoms with van der Waals surface area (Å²) in [7, 11) is 0. The Morgan fingerprint density at radius 3 is 2.83 bits per heavy atom. The zero-order valence-electron chi connectivity index (χ0n) is 9.54. The van der Waals surface area contributed by atoms with Crippen LogP contribution in [0.25, 0.3) is 10.9 Å². The number of benzene rings is 1. The van der Waals surface area contributed by atoms with E-state index in [-0.39, 0.29) is 5.56 Å². The van der Waals surface area contributed by atoms with Gasteiger partial charge in [-0.2, -0.15) is 0 Å². The first kappa shape index (κ1) is 13.3. The Labute approximate surface area is 121 Å². The van der Waals surface area contributed by atoms with Crippen molar-refractivity contribution < 1.29 is 9.53 Å². The fourth-order valence-electron chi connectivity index (χ4n) is 1.62. The molecule has 18 heavy (non-hydrogen) atoms. The van der Waals surface area contributed by atoms with Gasteiger partial charge in [-0.05, 0) is 35.0 Å². The smallest absolute Gasteiger partial charge is 0.341 e. The lowest BCUT2D eigenvalue weighted by molar-refractivity contribution is 0.0527. The number of nitrogens with zero attached hydrogens (tertiary/aromatic N) is 1. The van der Waals surface area contributed by atoms with Gasteiger partial charge in [0.05, 0.1) is 17.8 Å². The molecule has 0 atom stereocenters. The molecule has 94 valence electrons. The van der Waals surface area contributed by atoms with Crippen LogP contribution in [0.5, 0.6) is 0 Å². The van der Waals surface area contributed by atoms with Crippen LogP contribution in [0.2, 0.25) is 0 Å². The van der Waals surface area contributed by atoms with Crippen LogP contribution in [0, 0.1) is 0 Å². The van der Waals surface area contributed by atoms with E-state index in [0.717, 1.165) is 8.95 Å². The molecule has 0 fully saturated rings. The Kier molecular flexibility index (Phi) is 3.87. The minimum Gasteiger partial charge on any atom is -0.462 e. The quantitative estimate of drug-likeness (QED) is 0.818. The van der Waals surface area contributed by atoms with E-state index in [2.05, 4.69) is 36.8 Å². The average molecular weight is 374 g/mol. The standard InChI is InChI=1S/C12H10Br2N2O2/c1-2-18-12(17)8-5-16-11-7(10(8)15)3-6(13)4-9(11)14/h3-5H,2H2,1H3,(H2,15,16). The molecule has 4 nitrogen and oxygen atoms in total. The average Bonchev–Trinajstić information content (AvgIpc) is 2.30. The van der Waals surface area contributed by atoms with E-state index in [1.54, 1.807) is 6.92 Å². The molecule has 1 heterocycles. The molecule has 0 radical (unpaired) electrons. The molecule has 2 rings (SSSR count). The van der Waals surface area contributed by atoms with Crippen molar-refractivity contribution in [2.24, 2.45) is 0 Å². The van der Waals surface area contributed by atoms with Crippen molar-refractivity contribution >= 4 is 54.4 Å². The summed E-state index contributed by atoms with van der Waals surface area (Å²) in [4.78, 5) is 16.0. The van der Waals surface area contributed by atoms with Crippen molar-refractivity contribution in [3.05, 3.63) is 32.8 Å². The molecule has 2 aromatic rings. The number of ether oxygens (including phenoxy) is 1. The third kappa shape index (κ3) is 2.35. The highest BCUT2D eigenvalue weighted by Gasteiger charge is 2.15. The normalized spacial score (nSPS) is 10.6. The predicted octanol–water partition coefficient (Wildman–Crippen LogP) is 3.52. The van der Waals surface area contributed by atoms with Gasteiger partial charge in [-0.3, -0.25) is 4.98 Å². The third-order valence-electron chi connectivity index (χ3n) is 2.43. The summed E-state index contributed by atoms with van der Waals surface area (Å²) in [6, 6.07) is 3.70. The number of carbonyl (C=O) groups excluding carboxylic acids is 1. The Balaban J connectivity index is 2.67. The molecule has 0 spiro atoms. The van der Waals surface area contributed by atoms with Crippen LogP contribution in [-0.4, -0.2) is 17.6 Å². The minimum absolute atomic E-state index is 0.286. The number of nitrogen functional groups attached to an aromatic ring is 1. The van der Waals surface area contributed by atoms with Gasteiger partial charge >= 0.3 is 5.97 Å². The second kappa shape index (κ2) is 5.24. The molecular formula is C12H10Br2N2O2. The van der Waals surface area contributed by atoms with Crippen molar-refractivity contribution in [3.63, 3.8) is 0 Å². The molecule has 0 saturated carbocycles. The van der Waals surface area contributed by atoms with Gasteiger partial charge in [0.25, 0.3) is 0 Å². The lowest BCUT2D eigenvalue weighted by Crippen LogP contribution is -2.09. The van der Waals surface area contributed by atoms with Gasteiger partial charge in [0.2, 0.25) is 0 Å². The molecular weight excluding hydrogens is 364 g/mol. The van der Waals surface area contributed by atoms with E-state index in [9.17, 15) is 4.79 Å². The highest BCUT2D eigenvalue weighted by molar-refractivity contribution is 9.11. The maximum atomic E-state index is 11.7. The maximum Gasteiger partial charge on any atom is 0.341 e. The molecule has 6 heteroatoms. The van der Waals surface area contributed by atoms with Gasteiger partial charge in [0.15, 0.2) is 0 Å². The molecule has 1 aromatic heterocycles. The number of nitrogens with two attached hydrogens (primary N) is 1. The van der Waals surface area contributed by atoms with Crippen molar-refractivity contribution in [1.29, 1.82) is 0 Å². The predicted molar refractivity (Wildman–Crippen MR) is 77.5 cm³/mol. The second-order valence-corrected chi connectivity index (χ2v) is 5.36. The molecule has 0 saturated heterocycles. The monoisotopic (exact) mass is 372 g/mol. The summed E-state index contributed by atoms with van der Waals surface area (Å²) in [5, 5.41) is 0.710. The van der Waals surface area contributed by atoms with Crippen LogP contribution >= 0.6 is 31.9 Å². The molecule has 2 N–H and O–H groups in total. The number of fused-ring (bicyclic) bond motifs is 1. The van der Waals surface area contributed by atoms with Gasteiger partial charge in [-0.15, -0.1) is 0 Å². The number of pyridine rings is 1. The zero-order valence-corrected chi connectivity index (χ0v) is 12.7. The number of hydrogen-bond acceptors (Lipinski definition) is 4. The fraction of sp³-hybridized carbons (Fsp3) is 0.167. The first-order valence-corrected chi connectivity index (χ1v) is 6.83. The Morgan fingerprint density at radius 1 is 1.44 bits per heavy atom. The van der Waals surface area contributed by atoms with E-state index in [4.69, 9.17) is 10.5 Å². The summed E-state index contributed by atoms with van der Waals surface area (Å²) in [5.41, 5.74) is 7.38. The summed E-state index contributed by atoms with van der Waals surface area (Å²) >= 11 is 6.79. The van der Waals surface area contributed by atoms with Gasteiger partial charge in [-0.1, -0.05) is 15.9 Å². The number of hydrogen-bond donors (Lipinski definition) is 1. The first-order valence-electron chi connectivity index (χ1n) is 5.25. The van der Waals surface area contributed by atoms with E-state index in [1.165, 1.54) is 6.20 Å². The number of esters is 1. The molecule has 0 aliphatic carbocycles. The summed E-state index contributed by atoms with van der Waals surface area (Å²) in [6.07, 6.45) is 1.44.